The van der Waals surface area contributed by atoms with Crippen LogP contribution < -0.4 is 27.0 Å². The number of anilines is 2. The number of ether oxygens (including phenoxy) is 1. The van der Waals surface area contributed by atoms with Gasteiger partial charge in [0.05, 0.1) is 33.6 Å². The number of benzene rings is 2. The Labute approximate surface area is 153 Å². The van der Waals surface area contributed by atoms with Crippen LogP contribution in [-0.2, 0) is 14.1 Å². The summed E-state index contributed by atoms with van der Waals surface area (Å²) in [5, 5.41) is 11.9. The Kier molecular flexibility index (Phi) is 6.14. The molecule has 1 heterocycles. The average molecular weight is 358 g/mol. The van der Waals surface area contributed by atoms with E-state index in [0.29, 0.717) is 0 Å². The lowest BCUT2D eigenvalue weighted by atomic mass is 10.2. The van der Waals surface area contributed by atoms with Crippen LogP contribution in [0.25, 0.3) is 0 Å². The predicted octanol–water partition coefficient (Wildman–Crippen LogP) is 1.02. The highest BCUT2D eigenvalue weighted by atomic mass is 35.5. The topological polar surface area (TPSA) is 54.8 Å². The molecule has 1 aromatic heterocycles. The fourth-order valence-electron chi connectivity index (χ4n) is 2.28. The van der Waals surface area contributed by atoms with Gasteiger partial charge in [-0.1, -0.05) is 5.11 Å². The summed E-state index contributed by atoms with van der Waals surface area (Å²) in [5.74, 6) is 1.63. The number of hydrogen-bond donors (Lipinski definition) is 1. The summed E-state index contributed by atoms with van der Waals surface area (Å²) in [7, 11) is 5.54. The van der Waals surface area contributed by atoms with E-state index in [1.54, 1.807) is 7.11 Å². The van der Waals surface area contributed by atoms with Crippen LogP contribution in [0.15, 0.2) is 71.2 Å². The van der Waals surface area contributed by atoms with Crippen LogP contribution in [0.3, 0.4) is 0 Å². The molecule has 6 nitrogen and oxygen atoms in total. The van der Waals surface area contributed by atoms with Crippen LogP contribution in [0.1, 0.15) is 0 Å². The van der Waals surface area contributed by atoms with Crippen LogP contribution in [0.5, 0.6) is 5.75 Å². The van der Waals surface area contributed by atoms with Crippen molar-refractivity contribution in [2.45, 2.75) is 0 Å². The van der Waals surface area contributed by atoms with E-state index < -0.39 is 0 Å². The van der Waals surface area contributed by atoms with Crippen molar-refractivity contribution in [2.75, 3.05) is 12.4 Å². The summed E-state index contributed by atoms with van der Waals surface area (Å²) in [6.07, 6.45) is 3.88. The largest absolute Gasteiger partial charge is 1.00 e. The number of aromatic nitrogens is 2. The van der Waals surface area contributed by atoms with Crippen molar-refractivity contribution in [2.24, 2.45) is 24.3 Å². The third kappa shape index (κ3) is 4.58. The van der Waals surface area contributed by atoms with Crippen LogP contribution in [0, 0.1) is 0 Å². The van der Waals surface area contributed by atoms with Gasteiger partial charge in [-0.25, -0.2) is 9.13 Å². The second-order valence-corrected chi connectivity index (χ2v) is 5.42. The zero-order chi connectivity index (χ0) is 16.9. The Morgan fingerprint density at radius 2 is 1.56 bits per heavy atom. The first-order chi connectivity index (χ1) is 11.7. The van der Waals surface area contributed by atoms with Crippen LogP contribution in [-0.4, -0.2) is 11.7 Å². The molecule has 0 amide bonds. The molecule has 0 spiro atoms. The van der Waals surface area contributed by atoms with Gasteiger partial charge in [-0.3, -0.25) is 0 Å². The van der Waals surface area contributed by atoms with Gasteiger partial charge in [0, 0.05) is 16.5 Å². The van der Waals surface area contributed by atoms with Gasteiger partial charge in [-0.15, -0.1) is 0 Å². The van der Waals surface area contributed by atoms with Crippen LogP contribution in [0.4, 0.5) is 23.0 Å². The summed E-state index contributed by atoms with van der Waals surface area (Å²) in [6, 6.07) is 15.6. The Hall–Kier alpha value is -2.86. The molecule has 1 N–H and O–H groups in total. The summed E-state index contributed by atoms with van der Waals surface area (Å²) in [5.41, 5.74) is 2.79. The fourth-order valence-corrected chi connectivity index (χ4v) is 2.28. The number of imidazole rings is 1. The first-order valence-corrected chi connectivity index (χ1v) is 7.59. The molecule has 130 valence electrons. The maximum absolute atomic E-state index is 5.16. The van der Waals surface area contributed by atoms with E-state index in [0.717, 1.165) is 28.8 Å². The minimum Gasteiger partial charge on any atom is -1.00 e. The van der Waals surface area contributed by atoms with Gasteiger partial charge in [0.2, 0.25) is 0 Å². The van der Waals surface area contributed by atoms with E-state index in [1.165, 1.54) is 0 Å². The Morgan fingerprint density at radius 1 is 0.960 bits per heavy atom. The number of azo groups is 1. The van der Waals surface area contributed by atoms with E-state index in [4.69, 9.17) is 4.74 Å². The van der Waals surface area contributed by atoms with Gasteiger partial charge in [0.1, 0.15) is 11.4 Å². The van der Waals surface area contributed by atoms with Crippen LogP contribution >= 0.6 is 0 Å². The monoisotopic (exact) mass is 357 g/mol. The maximum atomic E-state index is 5.16. The smallest absolute Gasteiger partial charge is 0.421 e. The van der Waals surface area contributed by atoms with Crippen molar-refractivity contribution >= 4 is 23.0 Å². The lowest BCUT2D eigenvalue weighted by molar-refractivity contribution is -0.657. The summed E-state index contributed by atoms with van der Waals surface area (Å²) >= 11 is 0. The lowest BCUT2D eigenvalue weighted by Gasteiger charge is -2.07. The molecule has 0 radical (unpaired) electrons. The highest BCUT2D eigenvalue weighted by Gasteiger charge is 2.10. The molecule has 0 saturated carbocycles. The Balaban J connectivity index is 0.00000225. The third-order valence-electron chi connectivity index (χ3n) is 3.65. The van der Waals surface area contributed by atoms with Crippen molar-refractivity contribution < 1.29 is 21.7 Å². The summed E-state index contributed by atoms with van der Waals surface area (Å²) in [6.45, 7) is 0. The summed E-state index contributed by atoms with van der Waals surface area (Å²) in [4.78, 5) is 0. The number of nitrogens with one attached hydrogen (secondary N) is 1. The molecule has 0 bridgehead atoms. The zero-order valence-corrected chi connectivity index (χ0v) is 15.1. The molecule has 25 heavy (non-hydrogen) atoms. The second-order valence-electron chi connectivity index (χ2n) is 5.42. The molecule has 3 rings (SSSR count). The van der Waals surface area contributed by atoms with Gasteiger partial charge < -0.3 is 22.5 Å². The minimum atomic E-state index is 0. The van der Waals surface area contributed by atoms with Crippen molar-refractivity contribution in [3.8, 4) is 5.75 Å². The van der Waals surface area contributed by atoms with Gasteiger partial charge in [0.25, 0.3) is 0 Å². The molecule has 7 heteroatoms. The third-order valence-corrected chi connectivity index (χ3v) is 3.65. The Bertz CT molecular complexity index is 821. The van der Waals surface area contributed by atoms with Crippen molar-refractivity contribution in [3.05, 3.63) is 60.9 Å². The molecule has 0 unspecified atom stereocenters. The van der Waals surface area contributed by atoms with Gasteiger partial charge in [-0.2, -0.15) is 0 Å². The highest BCUT2D eigenvalue weighted by Crippen LogP contribution is 2.23. The molecular weight excluding hydrogens is 338 g/mol. The van der Waals surface area contributed by atoms with E-state index in [1.807, 2.05) is 84.2 Å². The molecule has 0 aliphatic rings. The highest BCUT2D eigenvalue weighted by molar-refractivity contribution is 5.62. The molecule has 0 aliphatic carbocycles. The molecule has 0 aliphatic heterocycles. The molecule has 0 saturated heterocycles. The standard InChI is InChI=1S/C18H19N5O.ClH/c1-22-12-13-23(2)18(22)21-20-16-6-4-14(5-7-16)19-15-8-10-17(24-3)11-9-15;/h4-13H,1-3H3;1H. The number of halogens is 1. The van der Waals surface area contributed by atoms with Crippen molar-refractivity contribution in [1.82, 2.24) is 4.57 Å². The average Bonchev–Trinajstić information content (AvgIpc) is 2.93. The number of nitrogens with zero attached hydrogens (tertiary/aromatic N) is 4. The molecule has 0 fully saturated rings. The SMILES string of the molecule is COc1ccc(Nc2ccc(N=Nc3n(C)cc[n+]3C)cc2)cc1.[Cl-]. The first-order valence-electron chi connectivity index (χ1n) is 7.59. The van der Waals surface area contributed by atoms with E-state index in [-0.39, 0.29) is 12.4 Å². The first kappa shape index (κ1) is 18.5. The second kappa shape index (κ2) is 8.30. The van der Waals surface area contributed by atoms with Gasteiger partial charge in [-0.05, 0) is 48.5 Å². The predicted molar refractivity (Wildman–Crippen MR) is 93.5 cm³/mol. The lowest BCUT2D eigenvalue weighted by Crippen LogP contribution is -3.00. The molecule has 2 aromatic carbocycles. The number of methoxy groups -OCH3 is 1. The minimum absolute atomic E-state index is 0. The molecule has 3 aromatic rings. The number of aryl methyl sites for hydroxylation is 2. The fraction of sp³-hybridized carbons (Fsp3) is 0.167. The van der Waals surface area contributed by atoms with Gasteiger partial charge >= 0.3 is 5.95 Å². The van der Waals surface area contributed by atoms with Gasteiger partial charge in [0.15, 0.2) is 0 Å². The molecule has 0 atom stereocenters. The Morgan fingerprint density at radius 3 is 2.08 bits per heavy atom. The van der Waals surface area contributed by atoms with E-state index in [2.05, 4.69) is 15.5 Å². The van der Waals surface area contributed by atoms with E-state index >= 15 is 0 Å². The number of hydrogen-bond acceptors (Lipinski definition) is 4. The van der Waals surface area contributed by atoms with Crippen molar-refractivity contribution in [3.63, 3.8) is 0 Å². The van der Waals surface area contributed by atoms with Crippen molar-refractivity contribution in [1.29, 1.82) is 0 Å². The van der Waals surface area contributed by atoms with E-state index in [9.17, 15) is 0 Å². The quantitative estimate of drug-likeness (QED) is 0.547. The molecular formula is C18H20ClN5O. The maximum Gasteiger partial charge on any atom is 0.421 e. The van der Waals surface area contributed by atoms with Crippen LogP contribution in [0.2, 0.25) is 0 Å². The number of rotatable bonds is 5. The normalized spacial score (nSPS) is 10.5. The summed E-state index contributed by atoms with van der Waals surface area (Å²) < 4.78 is 8.99. The zero-order valence-electron chi connectivity index (χ0n) is 14.3.